The fraction of sp³-hybridized carbons (Fsp3) is 0.633. The molecule has 3 aliphatic heterocycles. The van der Waals surface area contributed by atoms with Gasteiger partial charge in [-0.15, -0.1) is 0 Å². The van der Waals surface area contributed by atoms with Gasteiger partial charge in [-0.25, -0.2) is 8.78 Å². The molecule has 2 aromatic rings. The quantitative estimate of drug-likeness (QED) is 0.555. The molecule has 5 unspecified atom stereocenters. The van der Waals surface area contributed by atoms with Gasteiger partial charge in [0.2, 0.25) is 0 Å². The third-order valence-electron chi connectivity index (χ3n) is 10.1. The Bertz CT molecular complexity index is 1380. The summed E-state index contributed by atoms with van der Waals surface area (Å²) in [5.74, 6) is 0.627. The summed E-state index contributed by atoms with van der Waals surface area (Å²) >= 11 is 0. The molecule has 5 atom stereocenters. The number of rotatable bonds is 5. The van der Waals surface area contributed by atoms with Crippen molar-refractivity contribution in [1.82, 2.24) is 14.9 Å². The molecule has 2 aliphatic carbocycles. The van der Waals surface area contributed by atoms with Crippen LogP contribution in [-0.4, -0.2) is 65.5 Å². The van der Waals surface area contributed by atoms with Crippen LogP contribution in [0.3, 0.4) is 0 Å². The van der Waals surface area contributed by atoms with E-state index in [1.807, 2.05) is 18.0 Å². The van der Waals surface area contributed by atoms with Crippen LogP contribution in [0.1, 0.15) is 72.9 Å². The molecule has 2 N–H and O–H groups in total. The molecule has 10 heteroatoms. The van der Waals surface area contributed by atoms with Crippen LogP contribution in [0, 0.1) is 11.3 Å². The summed E-state index contributed by atoms with van der Waals surface area (Å²) in [5.41, 5.74) is 9.70. The first-order valence-electron chi connectivity index (χ1n) is 14.6. The van der Waals surface area contributed by atoms with Crippen molar-refractivity contribution in [1.29, 1.82) is 5.26 Å². The van der Waals surface area contributed by atoms with Crippen molar-refractivity contribution in [2.45, 2.75) is 93.9 Å². The van der Waals surface area contributed by atoms with Gasteiger partial charge in [0.15, 0.2) is 0 Å². The molecule has 1 spiro atoms. The highest BCUT2D eigenvalue weighted by Crippen LogP contribution is 2.48. The summed E-state index contributed by atoms with van der Waals surface area (Å²) in [7, 11) is 1.87. The highest BCUT2D eigenvalue weighted by atomic mass is 19.1. The maximum Gasteiger partial charge on any atom is 0.318 e. The number of nitriles is 1. The van der Waals surface area contributed by atoms with Crippen LogP contribution in [0.2, 0.25) is 0 Å². The van der Waals surface area contributed by atoms with Gasteiger partial charge in [0.1, 0.15) is 36.4 Å². The van der Waals surface area contributed by atoms with Gasteiger partial charge in [-0.1, -0.05) is 6.07 Å². The Morgan fingerprint density at radius 3 is 2.90 bits per heavy atom. The molecule has 212 valence electrons. The Hall–Kier alpha value is -3.03. The zero-order valence-corrected chi connectivity index (χ0v) is 23.0. The van der Waals surface area contributed by atoms with E-state index in [4.69, 9.17) is 25.2 Å². The average molecular weight is 551 g/mol. The predicted octanol–water partition coefficient (Wildman–Crippen LogP) is 4.13. The van der Waals surface area contributed by atoms with Gasteiger partial charge >= 0.3 is 6.01 Å². The van der Waals surface area contributed by atoms with Crippen molar-refractivity contribution >= 4 is 11.5 Å². The van der Waals surface area contributed by atoms with Crippen molar-refractivity contribution < 1.29 is 18.3 Å². The second kappa shape index (κ2) is 9.52. The highest BCUT2D eigenvalue weighted by Gasteiger charge is 2.50. The number of nitrogens with two attached hydrogens (primary N) is 1. The lowest BCUT2D eigenvalue weighted by Gasteiger charge is -2.44. The molecule has 2 saturated heterocycles. The molecule has 0 bridgehead atoms. The zero-order valence-electron chi connectivity index (χ0n) is 23.0. The number of hydrogen-bond acceptors (Lipinski definition) is 8. The SMILES string of the molecule is CN(c1nc(OCC23CCCN2CC(F)C3)nc2c1COC1(CCCc3ccc(N)c(C#N)c31)C2)C1CCC1F. The van der Waals surface area contributed by atoms with Crippen molar-refractivity contribution in [3.63, 3.8) is 0 Å². The van der Waals surface area contributed by atoms with E-state index >= 15 is 0 Å². The molecule has 7 rings (SSSR count). The highest BCUT2D eigenvalue weighted by molar-refractivity contribution is 5.63. The van der Waals surface area contributed by atoms with E-state index in [-0.39, 0.29) is 24.2 Å². The topological polar surface area (TPSA) is 101 Å². The summed E-state index contributed by atoms with van der Waals surface area (Å²) < 4.78 is 41.9. The van der Waals surface area contributed by atoms with Crippen molar-refractivity contribution in [2.24, 2.45) is 0 Å². The smallest absolute Gasteiger partial charge is 0.318 e. The molecule has 40 heavy (non-hydrogen) atoms. The molecular weight excluding hydrogens is 514 g/mol. The number of ether oxygens (including phenoxy) is 2. The van der Waals surface area contributed by atoms with Crippen LogP contribution < -0.4 is 15.4 Å². The van der Waals surface area contributed by atoms with Gasteiger partial charge < -0.3 is 20.1 Å². The fourth-order valence-electron chi connectivity index (χ4n) is 7.88. The van der Waals surface area contributed by atoms with Gasteiger partial charge in [0.25, 0.3) is 0 Å². The van der Waals surface area contributed by atoms with Crippen molar-refractivity contribution in [3.05, 3.63) is 40.1 Å². The fourth-order valence-corrected chi connectivity index (χ4v) is 7.88. The summed E-state index contributed by atoms with van der Waals surface area (Å²) in [6, 6.07) is 6.11. The van der Waals surface area contributed by atoms with E-state index < -0.39 is 17.9 Å². The summed E-state index contributed by atoms with van der Waals surface area (Å²) in [6.07, 6.45) is 4.90. The van der Waals surface area contributed by atoms with E-state index in [9.17, 15) is 14.0 Å². The number of hydrogen-bond donors (Lipinski definition) is 1. The minimum absolute atomic E-state index is 0.236. The van der Waals surface area contributed by atoms with E-state index in [2.05, 4.69) is 11.0 Å². The molecule has 1 aromatic carbocycles. The van der Waals surface area contributed by atoms with Crippen LogP contribution in [0.4, 0.5) is 20.3 Å². The number of alkyl halides is 2. The molecular formula is C30H36F2N6O2. The number of nitrogens with zero attached hydrogens (tertiary/aromatic N) is 5. The van der Waals surface area contributed by atoms with Crippen molar-refractivity contribution in [3.8, 4) is 12.1 Å². The molecule has 1 saturated carbocycles. The summed E-state index contributed by atoms with van der Waals surface area (Å²) in [6.45, 7) is 1.90. The Labute approximate surface area is 233 Å². The molecule has 8 nitrogen and oxygen atoms in total. The van der Waals surface area contributed by atoms with Gasteiger partial charge in [-0.05, 0) is 63.1 Å². The largest absolute Gasteiger partial charge is 0.461 e. The maximum atomic E-state index is 14.5. The Kier molecular flexibility index (Phi) is 6.17. The van der Waals surface area contributed by atoms with E-state index in [0.29, 0.717) is 49.5 Å². The first-order valence-corrected chi connectivity index (χ1v) is 14.6. The summed E-state index contributed by atoms with van der Waals surface area (Å²) in [5, 5.41) is 10.0. The molecule has 0 amide bonds. The number of fused-ring (bicyclic) bond motifs is 4. The Morgan fingerprint density at radius 1 is 1.25 bits per heavy atom. The Morgan fingerprint density at radius 2 is 2.12 bits per heavy atom. The monoisotopic (exact) mass is 550 g/mol. The van der Waals surface area contributed by atoms with E-state index in [1.54, 1.807) is 6.07 Å². The molecule has 1 aromatic heterocycles. The minimum atomic E-state index is -0.909. The average Bonchev–Trinajstić information content (AvgIpc) is 3.46. The molecule has 3 fully saturated rings. The lowest BCUT2D eigenvalue weighted by atomic mass is 9.72. The third-order valence-corrected chi connectivity index (χ3v) is 10.1. The number of anilines is 2. The Balaban J connectivity index is 1.27. The second-order valence-corrected chi connectivity index (χ2v) is 12.4. The lowest BCUT2D eigenvalue weighted by molar-refractivity contribution is -0.0857. The number of halogens is 2. The van der Waals surface area contributed by atoms with Gasteiger partial charge in [-0.2, -0.15) is 15.2 Å². The zero-order chi connectivity index (χ0) is 27.6. The number of aryl methyl sites for hydroxylation is 1. The van der Waals surface area contributed by atoms with Crippen LogP contribution in [0.25, 0.3) is 0 Å². The van der Waals surface area contributed by atoms with Gasteiger partial charge in [0, 0.05) is 43.2 Å². The van der Waals surface area contributed by atoms with Gasteiger partial charge in [-0.3, -0.25) is 4.90 Å². The molecule has 5 aliphatic rings. The number of nitrogen functional groups attached to an aromatic ring is 1. The lowest BCUT2D eigenvalue weighted by Crippen LogP contribution is -2.48. The molecule has 4 heterocycles. The van der Waals surface area contributed by atoms with Crippen LogP contribution in [0.5, 0.6) is 6.01 Å². The van der Waals surface area contributed by atoms with E-state index in [1.165, 1.54) is 0 Å². The minimum Gasteiger partial charge on any atom is -0.461 e. The molecule has 0 radical (unpaired) electrons. The standard InChI is InChI=1S/C30H36F2N6O2/c1-37(25-8-6-22(25)32)27-21-16-40-30(10-2-4-18-5-7-23(34)20(14-33)26(18)30)13-24(21)35-28(36-27)39-17-29-9-3-11-38(29)15-19(31)12-29/h5,7,19,22,25H,2-4,6,8-13,15-17,34H2,1H3. The number of benzene rings is 1. The third kappa shape index (κ3) is 3.96. The first-order chi connectivity index (χ1) is 19.3. The second-order valence-electron chi connectivity index (χ2n) is 12.4. The maximum absolute atomic E-state index is 14.5. The van der Waals surface area contributed by atoms with Crippen molar-refractivity contribution in [2.75, 3.05) is 37.4 Å². The van der Waals surface area contributed by atoms with Crippen LogP contribution in [0.15, 0.2) is 12.1 Å². The number of aromatic nitrogens is 2. The summed E-state index contributed by atoms with van der Waals surface area (Å²) in [4.78, 5) is 13.8. The normalized spacial score (nSPS) is 32.6. The van der Waals surface area contributed by atoms with E-state index in [0.717, 1.165) is 67.5 Å². The van der Waals surface area contributed by atoms with Crippen LogP contribution >= 0.6 is 0 Å². The predicted molar refractivity (Wildman–Crippen MR) is 146 cm³/mol. The van der Waals surface area contributed by atoms with Crippen LogP contribution in [-0.2, 0) is 29.8 Å². The van der Waals surface area contributed by atoms with Gasteiger partial charge in [0.05, 0.1) is 29.4 Å². The first kappa shape index (κ1) is 25.9.